The van der Waals surface area contributed by atoms with Crippen LogP contribution in [0.15, 0.2) is 76.7 Å². The van der Waals surface area contributed by atoms with E-state index in [0.29, 0.717) is 18.9 Å². The zero-order chi connectivity index (χ0) is 25.7. The minimum Gasteiger partial charge on any atom is -0.378 e. The highest BCUT2D eigenvalue weighted by Gasteiger charge is 2.23. The van der Waals surface area contributed by atoms with E-state index in [0.717, 1.165) is 30.4 Å². The van der Waals surface area contributed by atoms with Gasteiger partial charge in [0.05, 0.1) is 40.2 Å². The Hall–Kier alpha value is -3.67. The van der Waals surface area contributed by atoms with Crippen LogP contribution in [0.3, 0.4) is 0 Å². The van der Waals surface area contributed by atoms with E-state index in [2.05, 4.69) is 20.1 Å². The maximum Gasteiger partial charge on any atom is 0.270 e. The lowest BCUT2D eigenvalue weighted by Crippen LogP contribution is -2.36. The number of nitro benzene ring substituents is 1. The molecule has 0 bridgehead atoms. The summed E-state index contributed by atoms with van der Waals surface area (Å²) < 4.78 is 34.1. The Morgan fingerprint density at radius 2 is 1.75 bits per heavy atom. The molecule has 0 atom stereocenters. The van der Waals surface area contributed by atoms with Gasteiger partial charge in [-0.15, -0.1) is 0 Å². The molecule has 10 nitrogen and oxygen atoms in total. The second-order valence-electron chi connectivity index (χ2n) is 7.98. The average molecular weight is 530 g/mol. The van der Waals surface area contributed by atoms with Gasteiger partial charge in [-0.25, -0.2) is 8.42 Å². The summed E-state index contributed by atoms with van der Waals surface area (Å²) in [7, 11) is -4.24. The Bertz CT molecular complexity index is 1390. The van der Waals surface area contributed by atoms with Crippen LogP contribution >= 0.6 is 11.6 Å². The first-order valence-electron chi connectivity index (χ1n) is 11.0. The molecule has 1 fully saturated rings. The molecule has 2 N–H and O–H groups in total. The lowest BCUT2D eigenvalue weighted by atomic mass is 10.1. The fraction of sp³-hybridized carbons (Fsp3) is 0.208. The van der Waals surface area contributed by atoms with Gasteiger partial charge in [0.15, 0.2) is 0 Å². The Morgan fingerprint density at radius 3 is 2.42 bits per heavy atom. The van der Waals surface area contributed by atoms with Gasteiger partial charge < -0.3 is 9.64 Å². The molecule has 0 aromatic heterocycles. The van der Waals surface area contributed by atoms with Crippen molar-refractivity contribution in [2.45, 2.75) is 11.8 Å². The molecular weight excluding hydrogens is 506 g/mol. The van der Waals surface area contributed by atoms with Crippen LogP contribution in [0, 0.1) is 10.1 Å². The number of hydrogen-bond donors (Lipinski definition) is 2. The van der Waals surface area contributed by atoms with Crippen LogP contribution in [0.5, 0.6) is 0 Å². The third-order valence-electron chi connectivity index (χ3n) is 5.59. The second kappa shape index (κ2) is 10.9. The highest BCUT2D eigenvalue weighted by Crippen LogP contribution is 2.30. The zero-order valence-corrected chi connectivity index (χ0v) is 20.9. The molecule has 12 heteroatoms. The summed E-state index contributed by atoms with van der Waals surface area (Å²) >= 11 is 6.09. The molecule has 1 heterocycles. The summed E-state index contributed by atoms with van der Waals surface area (Å²) in [6, 6.07) is 17.6. The molecule has 0 saturated carbocycles. The van der Waals surface area contributed by atoms with Crippen LogP contribution in [0.1, 0.15) is 12.5 Å². The molecule has 0 amide bonds. The van der Waals surface area contributed by atoms with Crippen molar-refractivity contribution in [1.82, 2.24) is 0 Å². The maximum atomic E-state index is 13.2. The molecule has 0 spiro atoms. The van der Waals surface area contributed by atoms with E-state index in [9.17, 15) is 18.5 Å². The zero-order valence-electron chi connectivity index (χ0n) is 19.3. The van der Waals surface area contributed by atoms with Gasteiger partial charge in [0.2, 0.25) is 0 Å². The summed E-state index contributed by atoms with van der Waals surface area (Å²) in [5, 5.41) is 15.8. The number of benzene rings is 3. The number of non-ortho nitro benzene ring substituents is 1. The molecule has 1 saturated heterocycles. The first-order chi connectivity index (χ1) is 17.2. The van der Waals surface area contributed by atoms with Gasteiger partial charge in [-0.1, -0.05) is 35.9 Å². The molecule has 188 valence electrons. The summed E-state index contributed by atoms with van der Waals surface area (Å²) in [6.07, 6.45) is 0. The maximum absolute atomic E-state index is 13.2. The van der Waals surface area contributed by atoms with Gasteiger partial charge in [-0.3, -0.25) is 20.3 Å². The Labute approximate surface area is 213 Å². The highest BCUT2D eigenvalue weighted by atomic mass is 35.5. The molecular formula is C24H24ClN5O5S. The van der Waals surface area contributed by atoms with E-state index in [4.69, 9.17) is 16.3 Å². The number of sulfonamides is 1. The van der Waals surface area contributed by atoms with E-state index in [-0.39, 0.29) is 27.0 Å². The predicted octanol–water partition coefficient (Wildman–Crippen LogP) is 4.72. The van der Waals surface area contributed by atoms with Crippen molar-refractivity contribution in [2.75, 3.05) is 41.4 Å². The van der Waals surface area contributed by atoms with Crippen LogP contribution < -0.4 is 15.0 Å². The quantitative estimate of drug-likeness (QED) is 0.245. The lowest BCUT2D eigenvalue weighted by Gasteiger charge is -2.28. The number of nitrogens with zero attached hydrogens (tertiary/aromatic N) is 3. The predicted molar refractivity (Wildman–Crippen MR) is 141 cm³/mol. The van der Waals surface area contributed by atoms with Crippen molar-refractivity contribution in [3.8, 4) is 0 Å². The topological polar surface area (TPSA) is 126 Å². The fourth-order valence-electron chi connectivity index (χ4n) is 3.63. The van der Waals surface area contributed by atoms with Crippen molar-refractivity contribution < 1.29 is 18.1 Å². The Morgan fingerprint density at radius 1 is 1.06 bits per heavy atom. The molecule has 1 aliphatic rings. The van der Waals surface area contributed by atoms with E-state index in [1.807, 2.05) is 24.3 Å². The van der Waals surface area contributed by atoms with Crippen LogP contribution in [-0.2, 0) is 14.8 Å². The van der Waals surface area contributed by atoms with Gasteiger partial charge in [0.1, 0.15) is 4.90 Å². The van der Waals surface area contributed by atoms with Gasteiger partial charge in [-0.2, -0.15) is 5.10 Å². The van der Waals surface area contributed by atoms with Crippen LogP contribution in [0.25, 0.3) is 0 Å². The third-order valence-corrected chi connectivity index (χ3v) is 7.32. The van der Waals surface area contributed by atoms with Gasteiger partial charge in [0, 0.05) is 30.9 Å². The molecule has 4 rings (SSSR count). The number of ether oxygens (including phenoxy) is 1. The van der Waals surface area contributed by atoms with Gasteiger partial charge in [-0.05, 0) is 42.8 Å². The summed E-state index contributed by atoms with van der Waals surface area (Å²) in [6.45, 7) is 4.81. The number of hydrogen-bond acceptors (Lipinski definition) is 8. The van der Waals surface area contributed by atoms with Crippen molar-refractivity contribution in [1.29, 1.82) is 0 Å². The van der Waals surface area contributed by atoms with Crippen molar-refractivity contribution in [3.05, 3.63) is 87.4 Å². The molecule has 0 aliphatic carbocycles. The number of rotatable bonds is 8. The van der Waals surface area contributed by atoms with E-state index in [1.54, 1.807) is 19.1 Å². The molecule has 0 radical (unpaired) electrons. The summed E-state index contributed by atoms with van der Waals surface area (Å²) in [5.74, 6) is 0. The van der Waals surface area contributed by atoms with Crippen molar-refractivity contribution in [2.24, 2.45) is 5.10 Å². The standard InChI is InChI=1S/C24H24ClN5O5S/c1-17(18-6-8-19(9-7-18)29-12-14-35-15-13-29)26-27-23-11-10-20(30(31)32)16-24(23)36(33,34)28-22-5-3-2-4-21(22)25/h2-11,16,27-28H,12-15H2,1H3/b26-17+. The smallest absolute Gasteiger partial charge is 0.270 e. The Kier molecular flexibility index (Phi) is 7.73. The average Bonchev–Trinajstić information content (AvgIpc) is 2.89. The Balaban J connectivity index is 1.59. The SMILES string of the molecule is C/C(=N\Nc1ccc([N+](=O)[O-])cc1S(=O)(=O)Nc1ccccc1Cl)c1ccc(N2CCOCC2)cc1. The second-order valence-corrected chi connectivity index (χ2v) is 10.0. The summed E-state index contributed by atoms with van der Waals surface area (Å²) in [4.78, 5) is 12.5. The number of halogens is 1. The number of para-hydroxylation sites is 1. The normalized spacial score (nSPS) is 14.4. The first-order valence-corrected chi connectivity index (χ1v) is 12.9. The minimum absolute atomic E-state index is 0.0736. The minimum atomic E-state index is -4.24. The fourth-order valence-corrected chi connectivity index (χ4v) is 5.12. The van der Waals surface area contributed by atoms with E-state index in [1.165, 1.54) is 24.3 Å². The molecule has 1 aliphatic heterocycles. The van der Waals surface area contributed by atoms with E-state index >= 15 is 0 Å². The first kappa shape index (κ1) is 25.4. The number of nitro groups is 1. The van der Waals surface area contributed by atoms with Gasteiger partial charge in [0.25, 0.3) is 15.7 Å². The van der Waals surface area contributed by atoms with Crippen LogP contribution in [-0.4, -0.2) is 45.4 Å². The van der Waals surface area contributed by atoms with Crippen LogP contribution in [0.4, 0.5) is 22.7 Å². The largest absolute Gasteiger partial charge is 0.378 e. The molecule has 36 heavy (non-hydrogen) atoms. The highest BCUT2D eigenvalue weighted by molar-refractivity contribution is 7.93. The summed E-state index contributed by atoms with van der Waals surface area (Å²) in [5.41, 5.74) is 5.11. The number of anilines is 3. The van der Waals surface area contributed by atoms with Crippen LogP contribution in [0.2, 0.25) is 5.02 Å². The number of nitrogens with one attached hydrogen (secondary N) is 2. The lowest BCUT2D eigenvalue weighted by molar-refractivity contribution is -0.385. The van der Waals surface area contributed by atoms with Gasteiger partial charge >= 0.3 is 0 Å². The van der Waals surface area contributed by atoms with Crippen molar-refractivity contribution >= 4 is 50.1 Å². The number of morpholine rings is 1. The molecule has 0 unspecified atom stereocenters. The van der Waals surface area contributed by atoms with E-state index < -0.39 is 14.9 Å². The third kappa shape index (κ3) is 5.93. The van der Waals surface area contributed by atoms with Crippen molar-refractivity contribution in [3.63, 3.8) is 0 Å². The molecule has 3 aromatic rings. The monoisotopic (exact) mass is 529 g/mol. The molecule has 3 aromatic carbocycles. The number of hydrazone groups is 1.